The summed E-state index contributed by atoms with van der Waals surface area (Å²) in [6, 6.07) is 3.42. The molecule has 0 aliphatic heterocycles. The molecule has 1 aromatic carbocycles. The minimum Gasteiger partial charge on any atom is -0.372 e. The molecule has 0 atom stereocenters. The quantitative estimate of drug-likeness (QED) is 0.704. The monoisotopic (exact) mass is 219 g/mol. The summed E-state index contributed by atoms with van der Waals surface area (Å²) in [4.78, 5) is 1.65. The molecular weight excluding hydrogens is 208 g/mol. The van der Waals surface area contributed by atoms with Gasteiger partial charge in [-0.3, -0.25) is 0 Å². The Morgan fingerprint density at radius 3 is 2.71 bits per heavy atom. The van der Waals surface area contributed by atoms with E-state index in [1.54, 1.807) is 11.9 Å². The highest BCUT2D eigenvalue weighted by molar-refractivity contribution is 6.17. The first kappa shape index (κ1) is 11.2. The molecule has 0 unspecified atom stereocenters. The van der Waals surface area contributed by atoms with Crippen LogP contribution in [0.15, 0.2) is 18.2 Å². The average molecular weight is 220 g/mol. The van der Waals surface area contributed by atoms with Crippen molar-refractivity contribution in [3.8, 4) is 0 Å². The van der Waals surface area contributed by atoms with Crippen molar-refractivity contribution >= 4 is 17.3 Å². The molecule has 0 aliphatic carbocycles. The Morgan fingerprint density at radius 2 is 2.07 bits per heavy atom. The van der Waals surface area contributed by atoms with Crippen LogP contribution in [-0.4, -0.2) is 19.5 Å². The molecule has 0 saturated heterocycles. The zero-order chi connectivity index (χ0) is 10.6. The number of anilines is 1. The van der Waals surface area contributed by atoms with Gasteiger partial charge < -0.3 is 4.90 Å². The summed E-state index contributed by atoms with van der Waals surface area (Å²) in [7, 11) is 1.71. The maximum Gasteiger partial charge on any atom is 0.146 e. The highest BCUT2D eigenvalue weighted by Crippen LogP contribution is 2.19. The molecular formula is C10H12ClF2N. The van der Waals surface area contributed by atoms with Gasteiger partial charge in [-0.15, -0.1) is 11.6 Å². The second kappa shape index (κ2) is 5.15. The summed E-state index contributed by atoms with van der Waals surface area (Å²) in [6.07, 6.45) is 0.744. The van der Waals surface area contributed by atoms with Gasteiger partial charge in [0.15, 0.2) is 0 Å². The molecule has 14 heavy (non-hydrogen) atoms. The van der Waals surface area contributed by atoms with E-state index in [-0.39, 0.29) is 5.69 Å². The van der Waals surface area contributed by atoms with E-state index in [1.165, 1.54) is 6.07 Å². The van der Waals surface area contributed by atoms with Crippen LogP contribution in [0, 0.1) is 11.6 Å². The van der Waals surface area contributed by atoms with Crippen LogP contribution in [0.2, 0.25) is 0 Å². The summed E-state index contributed by atoms with van der Waals surface area (Å²) in [5.74, 6) is -0.330. The molecule has 78 valence electrons. The van der Waals surface area contributed by atoms with Crippen LogP contribution in [0.5, 0.6) is 0 Å². The molecule has 0 radical (unpaired) electrons. The number of alkyl halides is 1. The van der Waals surface area contributed by atoms with Crippen LogP contribution < -0.4 is 4.90 Å². The third kappa shape index (κ3) is 2.84. The van der Waals surface area contributed by atoms with Crippen molar-refractivity contribution < 1.29 is 8.78 Å². The van der Waals surface area contributed by atoms with Crippen LogP contribution in [0.25, 0.3) is 0 Å². The molecule has 0 N–H and O–H groups in total. The van der Waals surface area contributed by atoms with E-state index in [0.29, 0.717) is 12.4 Å². The smallest absolute Gasteiger partial charge is 0.146 e. The summed E-state index contributed by atoms with van der Waals surface area (Å²) in [6.45, 7) is 0.615. The third-order valence-corrected chi connectivity index (χ3v) is 2.21. The summed E-state index contributed by atoms with van der Waals surface area (Å²) >= 11 is 5.51. The van der Waals surface area contributed by atoms with Gasteiger partial charge in [-0.2, -0.15) is 0 Å². The number of rotatable bonds is 4. The maximum absolute atomic E-state index is 13.2. The van der Waals surface area contributed by atoms with Gasteiger partial charge >= 0.3 is 0 Å². The lowest BCUT2D eigenvalue weighted by atomic mass is 10.2. The van der Waals surface area contributed by atoms with Gasteiger partial charge in [-0.1, -0.05) is 0 Å². The van der Waals surface area contributed by atoms with Crippen LogP contribution in [-0.2, 0) is 0 Å². The third-order valence-electron chi connectivity index (χ3n) is 1.95. The molecule has 0 aromatic heterocycles. The maximum atomic E-state index is 13.2. The lowest BCUT2D eigenvalue weighted by Crippen LogP contribution is -2.20. The first-order chi connectivity index (χ1) is 6.65. The number of halogens is 3. The number of hydrogen-bond donors (Lipinski definition) is 0. The molecule has 4 heteroatoms. The van der Waals surface area contributed by atoms with E-state index in [1.807, 2.05) is 0 Å². The number of benzene rings is 1. The highest BCUT2D eigenvalue weighted by Gasteiger charge is 2.07. The zero-order valence-corrected chi connectivity index (χ0v) is 8.69. The summed E-state index contributed by atoms with van der Waals surface area (Å²) in [5.41, 5.74) is 0.273. The molecule has 1 nitrogen and oxygen atoms in total. The van der Waals surface area contributed by atoms with E-state index >= 15 is 0 Å². The summed E-state index contributed by atoms with van der Waals surface area (Å²) < 4.78 is 26.0. The fourth-order valence-corrected chi connectivity index (χ4v) is 1.32. The number of nitrogens with zero attached hydrogens (tertiary/aromatic N) is 1. The van der Waals surface area contributed by atoms with Crippen molar-refractivity contribution in [3.63, 3.8) is 0 Å². The van der Waals surface area contributed by atoms with Crippen LogP contribution in [0.4, 0.5) is 14.5 Å². The Labute approximate surface area is 87.3 Å². The predicted octanol–water partition coefficient (Wildman–Crippen LogP) is 3.03. The Hall–Kier alpha value is -0.830. The normalized spacial score (nSPS) is 10.3. The molecule has 1 rings (SSSR count). The van der Waals surface area contributed by atoms with Crippen molar-refractivity contribution in [2.45, 2.75) is 6.42 Å². The van der Waals surface area contributed by atoms with Crippen molar-refractivity contribution in [1.82, 2.24) is 0 Å². The average Bonchev–Trinajstić information content (AvgIpc) is 2.18. The van der Waals surface area contributed by atoms with Gasteiger partial charge in [0.25, 0.3) is 0 Å². The van der Waals surface area contributed by atoms with Gasteiger partial charge in [0.05, 0.1) is 5.69 Å². The van der Waals surface area contributed by atoms with Gasteiger partial charge in [-0.05, 0) is 18.6 Å². The first-order valence-electron chi connectivity index (χ1n) is 4.37. The lowest BCUT2D eigenvalue weighted by Gasteiger charge is -2.19. The topological polar surface area (TPSA) is 3.24 Å². The van der Waals surface area contributed by atoms with Crippen molar-refractivity contribution in [2.24, 2.45) is 0 Å². The Morgan fingerprint density at radius 1 is 1.36 bits per heavy atom. The number of hydrogen-bond acceptors (Lipinski definition) is 1. The molecule has 0 saturated carbocycles. The van der Waals surface area contributed by atoms with E-state index in [2.05, 4.69) is 0 Å². The molecule has 0 aliphatic rings. The fraction of sp³-hybridized carbons (Fsp3) is 0.400. The van der Waals surface area contributed by atoms with Gasteiger partial charge in [0.1, 0.15) is 11.6 Å². The van der Waals surface area contributed by atoms with E-state index < -0.39 is 11.6 Å². The predicted molar refractivity (Wildman–Crippen MR) is 55.0 cm³/mol. The van der Waals surface area contributed by atoms with Gasteiger partial charge in [0.2, 0.25) is 0 Å². The Balaban J connectivity index is 2.77. The second-order valence-electron chi connectivity index (χ2n) is 3.06. The van der Waals surface area contributed by atoms with Crippen LogP contribution in [0.1, 0.15) is 6.42 Å². The Kier molecular flexibility index (Phi) is 4.14. The fourth-order valence-electron chi connectivity index (χ4n) is 1.20. The van der Waals surface area contributed by atoms with E-state index in [0.717, 1.165) is 18.6 Å². The molecule has 0 spiro atoms. The minimum absolute atomic E-state index is 0.273. The zero-order valence-electron chi connectivity index (χ0n) is 7.93. The Bertz CT molecular complexity index is 304. The SMILES string of the molecule is CN(CCCCl)c1cc(F)ccc1F. The van der Waals surface area contributed by atoms with Crippen molar-refractivity contribution in [1.29, 1.82) is 0 Å². The summed E-state index contributed by atoms with van der Waals surface area (Å²) in [5, 5.41) is 0. The molecule has 0 bridgehead atoms. The van der Waals surface area contributed by atoms with E-state index in [4.69, 9.17) is 11.6 Å². The molecule has 0 fully saturated rings. The van der Waals surface area contributed by atoms with Crippen LogP contribution >= 0.6 is 11.6 Å². The first-order valence-corrected chi connectivity index (χ1v) is 4.90. The van der Waals surface area contributed by atoms with E-state index in [9.17, 15) is 8.78 Å². The highest BCUT2D eigenvalue weighted by atomic mass is 35.5. The lowest BCUT2D eigenvalue weighted by molar-refractivity contribution is 0.596. The van der Waals surface area contributed by atoms with Crippen LogP contribution in [0.3, 0.4) is 0 Å². The molecule has 1 aromatic rings. The standard InChI is InChI=1S/C10H12ClF2N/c1-14(6-2-5-11)10-7-8(12)3-4-9(10)13/h3-4,7H,2,5-6H2,1H3. The largest absolute Gasteiger partial charge is 0.372 e. The minimum atomic E-state index is -0.431. The molecule has 0 heterocycles. The second-order valence-corrected chi connectivity index (χ2v) is 3.44. The van der Waals surface area contributed by atoms with Crippen molar-refractivity contribution in [2.75, 3.05) is 24.4 Å². The van der Waals surface area contributed by atoms with Crippen molar-refractivity contribution in [3.05, 3.63) is 29.8 Å². The van der Waals surface area contributed by atoms with Gasteiger partial charge in [0, 0.05) is 25.5 Å². The molecule has 0 amide bonds. The van der Waals surface area contributed by atoms with Gasteiger partial charge in [-0.25, -0.2) is 8.78 Å².